The van der Waals surface area contributed by atoms with Gasteiger partial charge in [-0.3, -0.25) is 4.79 Å². The first kappa shape index (κ1) is 17.4. The van der Waals surface area contributed by atoms with Gasteiger partial charge in [0.25, 0.3) is 0 Å². The minimum Gasteiger partial charge on any atom is -0.463 e. The lowest BCUT2D eigenvalue weighted by Gasteiger charge is -2.35. The number of aliphatic hydroxyl groups is 1. The Morgan fingerprint density at radius 2 is 2.15 bits per heavy atom. The summed E-state index contributed by atoms with van der Waals surface area (Å²) in [5.74, 6) is -0.316. The van der Waals surface area contributed by atoms with Crippen LogP contribution in [0, 0.1) is 0 Å². The maximum atomic E-state index is 10.8. The molecule has 1 fully saturated rings. The Morgan fingerprint density at radius 1 is 1.45 bits per heavy atom. The molecule has 0 bridgehead atoms. The van der Waals surface area contributed by atoms with Crippen LogP contribution >= 0.6 is 0 Å². The predicted octanol–water partition coefficient (Wildman–Crippen LogP) is 2.40. The summed E-state index contributed by atoms with van der Waals surface area (Å²) in [5.41, 5.74) is 0. The van der Waals surface area contributed by atoms with Crippen molar-refractivity contribution in [2.45, 2.75) is 90.5 Å². The molecule has 5 atom stereocenters. The third kappa shape index (κ3) is 6.68. The van der Waals surface area contributed by atoms with Gasteiger partial charge in [0.15, 0.2) is 6.29 Å². The molecule has 0 radical (unpaired) electrons. The van der Waals surface area contributed by atoms with Crippen molar-refractivity contribution < 1.29 is 24.1 Å². The molecule has 1 saturated heterocycles. The molecule has 5 heteroatoms. The third-order valence-electron chi connectivity index (χ3n) is 3.35. The normalized spacial score (nSPS) is 29.8. The molecule has 20 heavy (non-hydrogen) atoms. The maximum Gasteiger partial charge on any atom is 0.302 e. The Morgan fingerprint density at radius 3 is 2.75 bits per heavy atom. The molecule has 1 aliphatic heterocycles. The summed E-state index contributed by atoms with van der Waals surface area (Å²) in [6, 6.07) is 0. The Bertz CT molecular complexity index is 294. The fourth-order valence-electron chi connectivity index (χ4n) is 2.62. The number of esters is 1. The molecule has 0 amide bonds. The quantitative estimate of drug-likeness (QED) is 0.729. The summed E-state index contributed by atoms with van der Waals surface area (Å²) in [6.07, 6.45) is 2.88. The number of ether oxygens (including phenoxy) is 3. The van der Waals surface area contributed by atoms with Crippen LogP contribution in [-0.2, 0) is 19.0 Å². The van der Waals surface area contributed by atoms with Gasteiger partial charge < -0.3 is 19.3 Å². The van der Waals surface area contributed by atoms with E-state index in [1.54, 1.807) is 6.92 Å². The lowest BCUT2D eigenvalue weighted by Crippen LogP contribution is -2.39. The minimum absolute atomic E-state index is 0.00910. The summed E-state index contributed by atoms with van der Waals surface area (Å²) >= 11 is 0. The molecule has 0 aromatic carbocycles. The highest BCUT2D eigenvalue weighted by Gasteiger charge is 2.29. The van der Waals surface area contributed by atoms with Crippen molar-refractivity contribution in [3.8, 4) is 0 Å². The average molecular weight is 288 g/mol. The molecule has 0 spiro atoms. The van der Waals surface area contributed by atoms with E-state index in [2.05, 4.69) is 6.92 Å². The highest BCUT2D eigenvalue weighted by molar-refractivity contribution is 5.66. The van der Waals surface area contributed by atoms with E-state index in [1.165, 1.54) is 6.92 Å². The van der Waals surface area contributed by atoms with Crippen molar-refractivity contribution in [1.82, 2.24) is 0 Å². The summed E-state index contributed by atoms with van der Waals surface area (Å²) in [4.78, 5) is 10.8. The Labute approximate surface area is 121 Å². The Balaban J connectivity index is 2.36. The van der Waals surface area contributed by atoms with Crippen molar-refractivity contribution in [1.29, 1.82) is 0 Å². The van der Waals surface area contributed by atoms with Crippen molar-refractivity contribution in [3.63, 3.8) is 0 Å². The third-order valence-corrected chi connectivity index (χ3v) is 3.35. The van der Waals surface area contributed by atoms with Crippen molar-refractivity contribution in [2.75, 3.05) is 0 Å². The van der Waals surface area contributed by atoms with Crippen LogP contribution in [0.4, 0.5) is 0 Å². The van der Waals surface area contributed by atoms with Crippen LogP contribution in [0.2, 0.25) is 0 Å². The zero-order valence-corrected chi connectivity index (χ0v) is 13.0. The van der Waals surface area contributed by atoms with Gasteiger partial charge in [-0.25, -0.2) is 0 Å². The summed E-state index contributed by atoms with van der Waals surface area (Å²) in [6.45, 7) is 7.29. The van der Waals surface area contributed by atoms with Gasteiger partial charge in [0.2, 0.25) is 0 Å². The number of aliphatic hydroxyl groups excluding tert-OH is 1. The van der Waals surface area contributed by atoms with Crippen molar-refractivity contribution in [2.24, 2.45) is 0 Å². The van der Waals surface area contributed by atoms with E-state index in [-0.39, 0.29) is 30.6 Å². The van der Waals surface area contributed by atoms with E-state index in [1.807, 2.05) is 6.92 Å². The first-order valence-corrected chi connectivity index (χ1v) is 7.56. The number of carbonyl (C=O) groups is 1. The molecular weight excluding hydrogens is 260 g/mol. The number of hydrogen-bond acceptors (Lipinski definition) is 5. The van der Waals surface area contributed by atoms with Crippen LogP contribution in [0.1, 0.15) is 59.8 Å². The smallest absolute Gasteiger partial charge is 0.302 e. The molecule has 1 rings (SSSR count). The van der Waals surface area contributed by atoms with Crippen LogP contribution in [0.3, 0.4) is 0 Å². The molecule has 118 valence electrons. The molecule has 5 unspecified atom stereocenters. The minimum atomic E-state index is -0.526. The Hall–Kier alpha value is -0.650. The Kier molecular flexibility index (Phi) is 7.48. The molecule has 0 saturated carbocycles. The summed E-state index contributed by atoms with van der Waals surface area (Å²) < 4.78 is 16.6. The van der Waals surface area contributed by atoms with Crippen LogP contribution in [0.5, 0.6) is 0 Å². The highest BCUT2D eigenvalue weighted by atomic mass is 16.7. The van der Waals surface area contributed by atoms with E-state index in [0.29, 0.717) is 12.8 Å². The van der Waals surface area contributed by atoms with E-state index in [0.717, 1.165) is 19.3 Å². The highest BCUT2D eigenvalue weighted by Crippen LogP contribution is 2.25. The fourth-order valence-corrected chi connectivity index (χ4v) is 2.62. The van der Waals surface area contributed by atoms with E-state index >= 15 is 0 Å². The van der Waals surface area contributed by atoms with Crippen LogP contribution in [-0.4, -0.2) is 41.8 Å². The fraction of sp³-hybridized carbons (Fsp3) is 0.933. The average Bonchev–Trinajstić information content (AvgIpc) is 2.26. The van der Waals surface area contributed by atoms with Gasteiger partial charge in [-0.05, 0) is 33.1 Å². The molecule has 0 aromatic rings. The second-order valence-corrected chi connectivity index (χ2v) is 5.70. The van der Waals surface area contributed by atoms with Gasteiger partial charge in [-0.15, -0.1) is 0 Å². The molecule has 1 N–H and O–H groups in total. The van der Waals surface area contributed by atoms with Gasteiger partial charge >= 0.3 is 5.97 Å². The summed E-state index contributed by atoms with van der Waals surface area (Å²) in [7, 11) is 0. The van der Waals surface area contributed by atoms with Gasteiger partial charge in [0, 0.05) is 13.3 Å². The van der Waals surface area contributed by atoms with Gasteiger partial charge in [0.05, 0.1) is 18.3 Å². The van der Waals surface area contributed by atoms with Crippen LogP contribution in [0.25, 0.3) is 0 Å². The zero-order chi connectivity index (χ0) is 15.1. The molecule has 1 heterocycles. The van der Waals surface area contributed by atoms with E-state index in [9.17, 15) is 9.90 Å². The standard InChI is InChI=1S/C15H28O5/c1-5-6-15-19-11(3)8-14(20-15)9-13(17)7-10(2)18-12(4)16/h10-11,13-15,17H,5-9H2,1-4H3. The SMILES string of the molecule is CCCC1OC(C)CC(CC(O)CC(C)OC(C)=O)O1. The lowest BCUT2D eigenvalue weighted by atomic mass is 10.0. The van der Waals surface area contributed by atoms with E-state index in [4.69, 9.17) is 14.2 Å². The predicted molar refractivity (Wildman–Crippen MR) is 75.2 cm³/mol. The molecule has 0 aromatic heterocycles. The van der Waals surface area contributed by atoms with Crippen molar-refractivity contribution >= 4 is 5.97 Å². The van der Waals surface area contributed by atoms with Gasteiger partial charge in [-0.1, -0.05) is 13.3 Å². The van der Waals surface area contributed by atoms with Crippen LogP contribution in [0.15, 0.2) is 0 Å². The second kappa shape index (κ2) is 8.60. The lowest BCUT2D eigenvalue weighted by molar-refractivity contribution is -0.245. The number of hydrogen-bond donors (Lipinski definition) is 1. The maximum absolute atomic E-state index is 10.8. The topological polar surface area (TPSA) is 65.0 Å². The first-order chi connectivity index (χ1) is 9.40. The first-order valence-electron chi connectivity index (χ1n) is 7.56. The summed E-state index contributed by atoms with van der Waals surface area (Å²) in [5, 5.41) is 10.1. The second-order valence-electron chi connectivity index (χ2n) is 5.70. The zero-order valence-electron chi connectivity index (χ0n) is 13.0. The molecule has 0 aliphatic carbocycles. The number of carbonyl (C=O) groups excluding carboxylic acids is 1. The van der Waals surface area contributed by atoms with E-state index < -0.39 is 6.10 Å². The van der Waals surface area contributed by atoms with Crippen LogP contribution < -0.4 is 0 Å². The molecular formula is C15H28O5. The number of rotatable bonds is 7. The molecule has 5 nitrogen and oxygen atoms in total. The largest absolute Gasteiger partial charge is 0.463 e. The molecule has 1 aliphatic rings. The monoisotopic (exact) mass is 288 g/mol. The van der Waals surface area contributed by atoms with Gasteiger partial charge in [0.1, 0.15) is 6.10 Å². The van der Waals surface area contributed by atoms with Gasteiger partial charge in [-0.2, -0.15) is 0 Å². The van der Waals surface area contributed by atoms with Crippen molar-refractivity contribution in [3.05, 3.63) is 0 Å².